The van der Waals surface area contributed by atoms with Crippen LogP contribution in [0.25, 0.3) is 0 Å². The second-order valence-corrected chi connectivity index (χ2v) is 5.22. The summed E-state index contributed by atoms with van der Waals surface area (Å²) in [7, 11) is 1.54. The van der Waals surface area contributed by atoms with Gasteiger partial charge >= 0.3 is 0 Å². The predicted octanol–water partition coefficient (Wildman–Crippen LogP) is 2.11. The highest BCUT2D eigenvalue weighted by molar-refractivity contribution is 7.99. The quantitative estimate of drug-likeness (QED) is 0.499. The van der Waals surface area contributed by atoms with Gasteiger partial charge in [-0.3, -0.25) is 4.79 Å². The minimum atomic E-state index is -0.172. The molecule has 110 valence electrons. The monoisotopic (exact) mass is 304 g/mol. The number of amides is 1. The third-order valence-corrected chi connectivity index (χ3v) is 3.46. The molecule has 0 spiro atoms. The van der Waals surface area contributed by atoms with E-state index in [2.05, 4.69) is 15.3 Å². The van der Waals surface area contributed by atoms with E-state index in [1.54, 1.807) is 24.4 Å². The maximum atomic E-state index is 12.0. The largest absolute Gasteiger partial charge is 0.495 e. The van der Waals surface area contributed by atoms with Crippen molar-refractivity contribution in [2.24, 2.45) is 0 Å². The summed E-state index contributed by atoms with van der Waals surface area (Å²) in [5.41, 5.74) is 7.68. The molecule has 7 heteroatoms. The van der Waals surface area contributed by atoms with Crippen LogP contribution in [-0.4, -0.2) is 28.7 Å². The smallest absolute Gasteiger partial charge is 0.234 e. The average Bonchev–Trinajstić information content (AvgIpc) is 2.45. The first-order chi connectivity index (χ1) is 10.1. The average molecular weight is 304 g/mol. The lowest BCUT2D eigenvalue weighted by molar-refractivity contribution is -0.113. The molecule has 0 saturated heterocycles. The summed E-state index contributed by atoms with van der Waals surface area (Å²) in [6.45, 7) is 1.88. The lowest BCUT2D eigenvalue weighted by Crippen LogP contribution is -2.15. The van der Waals surface area contributed by atoms with Crippen LogP contribution in [0.5, 0.6) is 5.75 Å². The zero-order chi connectivity index (χ0) is 15.2. The first kappa shape index (κ1) is 15.1. The Morgan fingerprint density at radius 3 is 2.95 bits per heavy atom. The number of carbonyl (C=O) groups is 1. The number of nitrogen functional groups attached to an aromatic ring is 1. The van der Waals surface area contributed by atoms with Crippen LogP contribution in [0.1, 0.15) is 5.69 Å². The fourth-order valence-corrected chi connectivity index (χ4v) is 2.31. The van der Waals surface area contributed by atoms with Gasteiger partial charge in [0, 0.05) is 17.6 Å². The highest BCUT2D eigenvalue weighted by Crippen LogP contribution is 2.26. The molecule has 1 aromatic heterocycles. The number of thioether (sulfide) groups is 1. The number of aryl methyl sites for hydroxylation is 1. The van der Waals surface area contributed by atoms with Gasteiger partial charge < -0.3 is 15.8 Å². The van der Waals surface area contributed by atoms with Gasteiger partial charge in [0.25, 0.3) is 0 Å². The fraction of sp³-hybridized carbons (Fsp3) is 0.214. The SMILES string of the molecule is COc1ccc(N)cc1NC(=O)CSc1nccc(C)n1. The van der Waals surface area contributed by atoms with Crippen molar-refractivity contribution in [3.63, 3.8) is 0 Å². The molecule has 0 aliphatic rings. The highest BCUT2D eigenvalue weighted by Gasteiger charge is 2.09. The first-order valence-electron chi connectivity index (χ1n) is 6.24. The molecule has 21 heavy (non-hydrogen) atoms. The number of benzene rings is 1. The van der Waals surface area contributed by atoms with E-state index >= 15 is 0 Å². The molecule has 0 fully saturated rings. The van der Waals surface area contributed by atoms with Gasteiger partial charge in [0.05, 0.1) is 18.6 Å². The molecule has 0 unspecified atom stereocenters. The van der Waals surface area contributed by atoms with Crippen molar-refractivity contribution < 1.29 is 9.53 Å². The van der Waals surface area contributed by atoms with Crippen LogP contribution in [-0.2, 0) is 4.79 Å². The number of nitrogens with zero attached hydrogens (tertiary/aromatic N) is 2. The zero-order valence-corrected chi connectivity index (χ0v) is 12.6. The van der Waals surface area contributed by atoms with Crippen molar-refractivity contribution in [3.8, 4) is 5.75 Å². The van der Waals surface area contributed by atoms with Crippen molar-refractivity contribution in [3.05, 3.63) is 36.2 Å². The van der Waals surface area contributed by atoms with Crippen LogP contribution in [0, 0.1) is 6.92 Å². The number of nitrogens with two attached hydrogens (primary N) is 1. The van der Waals surface area contributed by atoms with Crippen LogP contribution in [0.2, 0.25) is 0 Å². The van der Waals surface area contributed by atoms with Gasteiger partial charge in [0.1, 0.15) is 5.75 Å². The first-order valence-corrected chi connectivity index (χ1v) is 7.23. The maximum absolute atomic E-state index is 12.0. The van der Waals surface area contributed by atoms with Crippen molar-refractivity contribution in [2.45, 2.75) is 12.1 Å². The molecule has 1 amide bonds. The molecule has 0 aliphatic carbocycles. The molecular formula is C14H16N4O2S. The van der Waals surface area contributed by atoms with E-state index in [1.807, 2.05) is 13.0 Å². The number of carbonyl (C=O) groups excluding carboxylic acids is 1. The van der Waals surface area contributed by atoms with E-state index in [0.717, 1.165) is 5.69 Å². The van der Waals surface area contributed by atoms with Gasteiger partial charge in [0.15, 0.2) is 5.16 Å². The van der Waals surface area contributed by atoms with Crippen LogP contribution in [0.15, 0.2) is 35.6 Å². The standard InChI is InChI=1S/C14H16N4O2S/c1-9-5-6-16-14(17-9)21-8-13(19)18-11-7-10(15)3-4-12(11)20-2/h3-7H,8,15H2,1-2H3,(H,18,19). The molecule has 2 aromatic rings. The minimum Gasteiger partial charge on any atom is -0.495 e. The third kappa shape index (κ3) is 4.35. The summed E-state index contributed by atoms with van der Waals surface area (Å²) in [6.07, 6.45) is 1.67. The summed E-state index contributed by atoms with van der Waals surface area (Å²) in [6, 6.07) is 6.89. The highest BCUT2D eigenvalue weighted by atomic mass is 32.2. The Morgan fingerprint density at radius 1 is 1.43 bits per heavy atom. The molecule has 2 rings (SSSR count). The molecule has 0 radical (unpaired) electrons. The number of rotatable bonds is 5. The molecule has 0 bridgehead atoms. The molecule has 0 atom stereocenters. The second-order valence-electron chi connectivity index (χ2n) is 4.28. The number of nitrogens with one attached hydrogen (secondary N) is 1. The lowest BCUT2D eigenvalue weighted by atomic mass is 10.2. The van der Waals surface area contributed by atoms with E-state index in [9.17, 15) is 4.79 Å². The Hall–Kier alpha value is -2.28. The molecule has 0 aliphatic heterocycles. The Balaban J connectivity index is 1.97. The van der Waals surface area contributed by atoms with Gasteiger partial charge in [-0.25, -0.2) is 9.97 Å². The van der Waals surface area contributed by atoms with Crippen molar-refractivity contribution in [2.75, 3.05) is 23.9 Å². The molecule has 1 aromatic carbocycles. The van der Waals surface area contributed by atoms with Crippen molar-refractivity contribution in [1.82, 2.24) is 9.97 Å². The minimum absolute atomic E-state index is 0.172. The zero-order valence-electron chi connectivity index (χ0n) is 11.8. The number of hydrogen-bond donors (Lipinski definition) is 2. The number of methoxy groups -OCH3 is 1. The summed E-state index contributed by atoms with van der Waals surface area (Å²) >= 11 is 1.27. The Kier molecular flexibility index (Phi) is 4.99. The Bertz CT molecular complexity index is 649. The van der Waals surface area contributed by atoms with Crippen LogP contribution < -0.4 is 15.8 Å². The lowest BCUT2D eigenvalue weighted by Gasteiger charge is -2.10. The van der Waals surface area contributed by atoms with Gasteiger partial charge in [-0.2, -0.15) is 0 Å². The van der Waals surface area contributed by atoms with Gasteiger partial charge in [-0.05, 0) is 31.2 Å². The molecule has 1 heterocycles. The molecular weight excluding hydrogens is 288 g/mol. The van der Waals surface area contributed by atoms with Crippen LogP contribution in [0.3, 0.4) is 0 Å². The maximum Gasteiger partial charge on any atom is 0.234 e. The number of anilines is 2. The van der Waals surface area contributed by atoms with E-state index in [-0.39, 0.29) is 11.7 Å². The summed E-state index contributed by atoms with van der Waals surface area (Å²) in [5, 5.41) is 3.34. The number of aromatic nitrogens is 2. The molecule has 0 saturated carbocycles. The van der Waals surface area contributed by atoms with Crippen molar-refractivity contribution >= 4 is 29.0 Å². The van der Waals surface area contributed by atoms with E-state index in [4.69, 9.17) is 10.5 Å². The van der Waals surface area contributed by atoms with Crippen LogP contribution >= 0.6 is 11.8 Å². The van der Waals surface area contributed by atoms with Gasteiger partial charge in [0.2, 0.25) is 5.91 Å². The Morgan fingerprint density at radius 2 is 2.24 bits per heavy atom. The van der Waals surface area contributed by atoms with E-state index < -0.39 is 0 Å². The van der Waals surface area contributed by atoms with E-state index in [0.29, 0.717) is 22.3 Å². The molecule has 3 N–H and O–H groups in total. The summed E-state index contributed by atoms with van der Waals surface area (Å²) in [4.78, 5) is 20.3. The summed E-state index contributed by atoms with van der Waals surface area (Å²) < 4.78 is 5.18. The van der Waals surface area contributed by atoms with Crippen LogP contribution in [0.4, 0.5) is 11.4 Å². The van der Waals surface area contributed by atoms with Crippen molar-refractivity contribution in [1.29, 1.82) is 0 Å². The van der Waals surface area contributed by atoms with Gasteiger partial charge in [-0.1, -0.05) is 11.8 Å². The number of ether oxygens (including phenoxy) is 1. The predicted molar refractivity (Wildman–Crippen MR) is 83.5 cm³/mol. The third-order valence-electron chi connectivity index (χ3n) is 2.60. The summed E-state index contributed by atoms with van der Waals surface area (Å²) in [5.74, 6) is 0.602. The molecule has 6 nitrogen and oxygen atoms in total. The second kappa shape index (κ2) is 6.94. The Labute approximate surface area is 127 Å². The normalized spacial score (nSPS) is 10.2. The van der Waals surface area contributed by atoms with Gasteiger partial charge in [-0.15, -0.1) is 0 Å². The number of hydrogen-bond acceptors (Lipinski definition) is 6. The van der Waals surface area contributed by atoms with E-state index in [1.165, 1.54) is 18.9 Å². The fourth-order valence-electron chi connectivity index (χ4n) is 1.64. The topological polar surface area (TPSA) is 90.1 Å².